The second-order valence-electron chi connectivity index (χ2n) is 4.39. The van der Waals surface area contributed by atoms with Gasteiger partial charge in [0.15, 0.2) is 5.82 Å². The standard InChI is InChI=1S/C11H21N5/c1-3-16(9-4-5-9)7-6-13-11-10(12)8-15(2)14-11/h8-9H,3-7,12H2,1-2H3,(H,13,14). The van der Waals surface area contributed by atoms with Gasteiger partial charge < -0.3 is 11.1 Å². The van der Waals surface area contributed by atoms with E-state index in [-0.39, 0.29) is 0 Å². The van der Waals surface area contributed by atoms with Crippen molar-refractivity contribution in [3.63, 3.8) is 0 Å². The topological polar surface area (TPSA) is 59.1 Å². The van der Waals surface area contributed by atoms with E-state index in [0.717, 1.165) is 37.2 Å². The Labute approximate surface area is 96.6 Å². The Balaban J connectivity index is 1.76. The first-order valence-corrected chi connectivity index (χ1v) is 5.97. The number of aryl methyl sites for hydroxylation is 1. The van der Waals surface area contributed by atoms with Crippen molar-refractivity contribution >= 4 is 11.5 Å². The summed E-state index contributed by atoms with van der Waals surface area (Å²) in [5, 5.41) is 7.54. The summed E-state index contributed by atoms with van der Waals surface area (Å²) in [4.78, 5) is 2.51. The quantitative estimate of drug-likeness (QED) is 0.752. The third-order valence-electron chi connectivity index (χ3n) is 3.02. The lowest BCUT2D eigenvalue weighted by molar-refractivity contribution is 0.289. The van der Waals surface area contributed by atoms with Crippen LogP contribution >= 0.6 is 0 Å². The number of hydrogen-bond acceptors (Lipinski definition) is 4. The minimum atomic E-state index is 0.719. The molecule has 0 unspecified atom stereocenters. The molecule has 1 aliphatic rings. The number of rotatable bonds is 6. The molecule has 1 fully saturated rings. The third-order valence-corrected chi connectivity index (χ3v) is 3.02. The highest BCUT2D eigenvalue weighted by Crippen LogP contribution is 2.26. The lowest BCUT2D eigenvalue weighted by atomic mass is 10.4. The summed E-state index contributed by atoms with van der Waals surface area (Å²) in [6.45, 7) is 5.32. The first kappa shape index (κ1) is 11.3. The SMILES string of the molecule is CCN(CCNc1nn(C)cc1N)C1CC1. The second kappa shape index (κ2) is 4.74. The van der Waals surface area contributed by atoms with Gasteiger partial charge >= 0.3 is 0 Å². The maximum atomic E-state index is 5.80. The van der Waals surface area contributed by atoms with Crippen LogP contribution in [0.1, 0.15) is 19.8 Å². The lowest BCUT2D eigenvalue weighted by Crippen LogP contribution is -2.31. The van der Waals surface area contributed by atoms with E-state index in [1.807, 2.05) is 13.2 Å². The van der Waals surface area contributed by atoms with Crippen molar-refractivity contribution in [1.29, 1.82) is 0 Å². The molecule has 1 saturated carbocycles. The summed E-state index contributed by atoms with van der Waals surface area (Å²) in [5.41, 5.74) is 6.52. The average molecular weight is 223 g/mol. The van der Waals surface area contributed by atoms with Crippen molar-refractivity contribution in [2.24, 2.45) is 7.05 Å². The normalized spacial score (nSPS) is 15.7. The molecular formula is C11H21N5. The summed E-state index contributed by atoms with van der Waals surface area (Å²) in [5.74, 6) is 0.800. The zero-order valence-electron chi connectivity index (χ0n) is 10.1. The van der Waals surface area contributed by atoms with Crippen molar-refractivity contribution in [3.05, 3.63) is 6.20 Å². The van der Waals surface area contributed by atoms with Crippen molar-refractivity contribution in [1.82, 2.24) is 14.7 Å². The van der Waals surface area contributed by atoms with Gasteiger partial charge in [-0.3, -0.25) is 9.58 Å². The van der Waals surface area contributed by atoms with E-state index < -0.39 is 0 Å². The molecule has 0 aromatic carbocycles. The fourth-order valence-electron chi connectivity index (χ4n) is 2.00. The molecular weight excluding hydrogens is 202 g/mol. The van der Waals surface area contributed by atoms with Gasteiger partial charge in [-0.05, 0) is 19.4 Å². The number of nitrogens with zero attached hydrogens (tertiary/aromatic N) is 3. The molecule has 0 saturated heterocycles. The molecule has 1 aromatic heterocycles. The van der Waals surface area contributed by atoms with Gasteiger partial charge in [0, 0.05) is 32.4 Å². The van der Waals surface area contributed by atoms with E-state index in [1.54, 1.807) is 4.68 Å². The Kier molecular flexibility index (Phi) is 3.33. The molecule has 0 atom stereocenters. The van der Waals surface area contributed by atoms with Crippen LogP contribution in [-0.2, 0) is 7.05 Å². The van der Waals surface area contributed by atoms with E-state index in [9.17, 15) is 0 Å². The van der Waals surface area contributed by atoms with Crippen LogP contribution in [0.4, 0.5) is 11.5 Å². The van der Waals surface area contributed by atoms with Gasteiger partial charge in [0.05, 0.1) is 5.69 Å². The summed E-state index contributed by atoms with van der Waals surface area (Å²) in [7, 11) is 1.88. The largest absolute Gasteiger partial charge is 0.394 e. The van der Waals surface area contributed by atoms with Crippen LogP contribution in [0, 0.1) is 0 Å². The van der Waals surface area contributed by atoms with Gasteiger partial charge in [0.2, 0.25) is 0 Å². The average Bonchev–Trinajstić information content (AvgIpc) is 3.01. The molecule has 0 amide bonds. The van der Waals surface area contributed by atoms with Crippen molar-refractivity contribution < 1.29 is 0 Å². The molecule has 16 heavy (non-hydrogen) atoms. The maximum Gasteiger partial charge on any atom is 0.171 e. The van der Waals surface area contributed by atoms with Gasteiger partial charge in [0.1, 0.15) is 0 Å². The van der Waals surface area contributed by atoms with E-state index in [0.29, 0.717) is 0 Å². The van der Waals surface area contributed by atoms with Gasteiger partial charge in [-0.2, -0.15) is 5.10 Å². The Morgan fingerprint density at radius 3 is 2.88 bits per heavy atom. The van der Waals surface area contributed by atoms with Crippen LogP contribution in [0.5, 0.6) is 0 Å². The van der Waals surface area contributed by atoms with E-state index in [1.165, 1.54) is 12.8 Å². The van der Waals surface area contributed by atoms with Crippen LogP contribution in [0.15, 0.2) is 6.20 Å². The molecule has 1 heterocycles. The molecule has 0 bridgehead atoms. The molecule has 0 aliphatic heterocycles. The van der Waals surface area contributed by atoms with Crippen molar-refractivity contribution in [2.75, 3.05) is 30.7 Å². The molecule has 3 N–H and O–H groups in total. The van der Waals surface area contributed by atoms with Crippen LogP contribution in [-0.4, -0.2) is 40.4 Å². The zero-order valence-corrected chi connectivity index (χ0v) is 10.1. The summed E-state index contributed by atoms with van der Waals surface area (Å²) in [6, 6.07) is 0.827. The third kappa shape index (κ3) is 2.66. The number of nitrogen functional groups attached to an aromatic ring is 1. The van der Waals surface area contributed by atoms with Gasteiger partial charge in [0.25, 0.3) is 0 Å². The highest BCUT2D eigenvalue weighted by Gasteiger charge is 2.27. The maximum absolute atomic E-state index is 5.80. The lowest BCUT2D eigenvalue weighted by Gasteiger charge is -2.19. The Bertz CT molecular complexity index is 342. The van der Waals surface area contributed by atoms with E-state index >= 15 is 0 Å². The predicted octanol–water partition coefficient (Wildman–Crippen LogP) is 0.898. The molecule has 0 spiro atoms. The summed E-state index contributed by atoms with van der Waals surface area (Å²) < 4.78 is 1.73. The highest BCUT2D eigenvalue weighted by molar-refractivity contribution is 5.59. The molecule has 2 rings (SSSR count). The summed E-state index contributed by atoms with van der Waals surface area (Å²) in [6.07, 6.45) is 4.54. The number of nitrogens with two attached hydrogens (primary N) is 1. The fourth-order valence-corrected chi connectivity index (χ4v) is 2.00. The fraction of sp³-hybridized carbons (Fsp3) is 0.727. The number of hydrogen-bond donors (Lipinski definition) is 2. The number of nitrogens with one attached hydrogen (secondary N) is 1. The van der Waals surface area contributed by atoms with Crippen LogP contribution in [0.3, 0.4) is 0 Å². The minimum Gasteiger partial charge on any atom is -0.394 e. The molecule has 1 aliphatic carbocycles. The van der Waals surface area contributed by atoms with Crippen LogP contribution in [0.2, 0.25) is 0 Å². The Hall–Kier alpha value is -1.23. The van der Waals surface area contributed by atoms with Crippen LogP contribution in [0.25, 0.3) is 0 Å². The predicted molar refractivity (Wildman–Crippen MR) is 66.4 cm³/mol. The van der Waals surface area contributed by atoms with Gasteiger partial charge in [-0.25, -0.2) is 0 Å². The monoisotopic (exact) mass is 223 g/mol. The van der Waals surface area contributed by atoms with Crippen molar-refractivity contribution in [3.8, 4) is 0 Å². The van der Waals surface area contributed by atoms with Crippen LogP contribution < -0.4 is 11.1 Å². The second-order valence-corrected chi connectivity index (χ2v) is 4.39. The zero-order chi connectivity index (χ0) is 11.5. The smallest absolute Gasteiger partial charge is 0.171 e. The first-order chi connectivity index (χ1) is 7.70. The number of aromatic nitrogens is 2. The highest BCUT2D eigenvalue weighted by atomic mass is 15.3. The number of likely N-dealkylation sites (N-methyl/N-ethyl adjacent to an activating group) is 1. The minimum absolute atomic E-state index is 0.719. The molecule has 1 aromatic rings. The molecule has 5 nitrogen and oxygen atoms in total. The van der Waals surface area contributed by atoms with Gasteiger partial charge in [-0.15, -0.1) is 0 Å². The Morgan fingerprint density at radius 1 is 1.62 bits per heavy atom. The first-order valence-electron chi connectivity index (χ1n) is 5.97. The van der Waals surface area contributed by atoms with E-state index in [4.69, 9.17) is 5.73 Å². The molecule has 5 heteroatoms. The molecule has 90 valence electrons. The number of anilines is 2. The van der Waals surface area contributed by atoms with Crippen molar-refractivity contribution in [2.45, 2.75) is 25.8 Å². The molecule has 0 radical (unpaired) electrons. The Morgan fingerprint density at radius 2 is 2.38 bits per heavy atom. The van der Waals surface area contributed by atoms with E-state index in [2.05, 4.69) is 22.2 Å². The van der Waals surface area contributed by atoms with Gasteiger partial charge in [-0.1, -0.05) is 6.92 Å². The summed E-state index contributed by atoms with van der Waals surface area (Å²) >= 11 is 0.